The van der Waals surface area contributed by atoms with Crippen molar-refractivity contribution in [3.8, 4) is 0 Å². The van der Waals surface area contributed by atoms with E-state index in [9.17, 15) is 4.79 Å². The molecule has 4 nitrogen and oxygen atoms in total. The van der Waals surface area contributed by atoms with Gasteiger partial charge in [0.15, 0.2) is 5.17 Å². The van der Waals surface area contributed by atoms with E-state index >= 15 is 0 Å². The number of hydrogen-bond donors (Lipinski definition) is 1. The summed E-state index contributed by atoms with van der Waals surface area (Å²) in [6, 6.07) is 17.7. The van der Waals surface area contributed by atoms with Gasteiger partial charge in [0.05, 0.1) is 12.2 Å². The maximum absolute atomic E-state index is 12.6. The molecule has 1 heterocycles. The lowest BCUT2D eigenvalue weighted by atomic mass is 9.97. The third-order valence-corrected chi connectivity index (χ3v) is 5.55. The Hall–Kier alpha value is -2.05. The van der Waals surface area contributed by atoms with Gasteiger partial charge >= 0.3 is 5.97 Å². The molecule has 0 fully saturated rings. The van der Waals surface area contributed by atoms with Crippen LogP contribution < -0.4 is 5.32 Å². The number of carbonyl (C=O) groups excluding carboxylic acids is 1. The highest BCUT2D eigenvalue weighted by atomic mass is 79.9. The monoisotopic (exact) mass is 444 g/mol. The van der Waals surface area contributed by atoms with E-state index in [2.05, 4.69) is 33.4 Å². The molecule has 27 heavy (non-hydrogen) atoms. The number of aliphatic imine (C=N–C) groups is 1. The molecule has 2 aromatic rings. The van der Waals surface area contributed by atoms with Gasteiger partial charge in [0, 0.05) is 15.9 Å². The number of ether oxygens (including phenoxy) is 1. The Balaban J connectivity index is 1.89. The fourth-order valence-corrected chi connectivity index (χ4v) is 4.16. The van der Waals surface area contributed by atoms with Crippen molar-refractivity contribution in [1.29, 1.82) is 0 Å². The Morgan fingerprint density at radius 2 is 2.00 bits per heavy atom. The molecular formula is C21H21BrN2O2S. The Labute approximate surface area is 172 Å². The molecule has 0 aromatic heterocycles. The van der Waals surface area contributed by atoms with Gasteiger partial charge in [0.2, 0.25) is 0 Å². The smallest absolute Gasteiger partial charge is 0.338 e. The van der Waals surface area contributed by atoms with Gasteiger partial charge in [-0.25, -0.2) is 9.79 Å². The standard InChI is InChI=1S/C21H21BrN2O2S/c1-3-26-20(25)18-14(2)23-21(27-13-15-8-5-4-6-9-15)24-19(18)16-10-7-11-17(22)12-16/h4-12,19H,3,13H2,1-2H3,(H,23,24)/t19-/m1/s1. The number of benzene rings is 2. The molecule has 1 aliphatic rings. The molecular weight excluding hydrogens is 424 g/mol. The van der Waals surface area contributed by atoms with Crippen LogP contribution in [0.15, 0.2) is 75.3 Å². The van der Waals surface area contributed by atoms with Crippen LogP contribution in [0.5, 0.6) is 0 Å². The summed E-state index contributed by atoms with van der Waals surface area (Å²) in [6.45, 7) is 4.04. The number of nitrogens with zero attached hydrogens (tertiary/aromatic N) is 1. The second-order valence-electron chi connectivity index (χ2n) is 6.05. The molecule has 0 spiro atoms. The first-order chi connectivity index (χ1) is 13.1. The van der Waals surface area contributed by atoms with Crippen molar-refractivity contribution in [2.24, 2.45) is 4.99 Å². The fraction of sp³-hybridized carbons (Fsp3) is 0.238. The maximum atomic E-state index is 12.6. The van der Waals surface area contributed by atoms with Gasteiger partial charge in [0.1, 0.15) is 6.04 Å². The summed E-state index contributed by atoms with van der Waals surface area (Å²) in [5.74, 6) is 0.475. The summed E-state index contributed by atoms with van der Waals surface area (Å²) in [5, 5.41) is 4.07. The number of thioether (sulfide) groups is 1. The van der Waals surface area contributed by atoms with E-state index < -0.39 is 0 Å². The lowest BCUT2D eigenvalue weighted by Crippen LogP contribution is -2.30. The van der Waals surface area contributed by atoms with Gasteiger partial charge in [0.25, 0.3) is 0 Å². The third-order valence-electron chi connectivity index (χ3n) is 4.10. The van der Waals surface area contributed by atoms with Gasteiger partial charge in [-0.15, -0.1) is 0 Å². The van der Waals surface area contributed by atoms with Gasteiger partial charge in [-0.2, -0.15) is 0 Å². The van der Waals surface area contributed by atoms with Crippen molar-refractivity contribution < 1.29 is 9.53 Å². The Bertz CT molecular complexity index is 881. The topological polar surface area (TPSA) is 50.7 Å². The van der Waals surface area contributed by atoms with Crippen LogP contribution in [0.25, 0.3) is 0 Å². The predicted octanol–water partition coefficient (Wildman–Crippen LogP) is 5.22. The Kier molecular flexibility index (Phi) is 6.74. The molecule has 3 rings (SSSR count). The van der Waals surface area contributed by atoms with Crippen molar-refractivity contribution in [2.45, 2.75) is 25.6 Å². The summed E-state index contributed by atoms with van der Waals surface area (Å²) in [6.07, 6.45) is 0. The van der Waals surface area contributed by atoms with Crippen LogP contribution in [-0.4, -0.2) is 17.7 Å². The molecule has 0 bridgehead atoms. The Morgan fingerprint density at radius 1 is 1.22 bits per heavy atom. The van der Waals surface area contributed by atoms with Crippen LogP contribution in [0.3, 0.4) is 0 Å². The van der Waals surface area contributed by atoms with Crippen molar-refractivity contribution in [3.63, 3.8) is 0 Å². The molecule has 2 aromatic carbocycles. The zero-order valence-electron chi connectivity index (χ0n) is 15.2. The predicted molar refractivity (Wildman–Crippen MR) is 115 cm³/mol. The van der Waals surface area contributed by atoms with Crippen LogP contribution >= 0.6 is 27.7 Å². The summed E-state index contributed by atoms with van der Waals surface area (Å²) < 4.78 is 6.23. The van der Waals surface area contributed by atoms with Crippen LogP contribution in [-0.2, 0) is 15.3 Å². The second kappa shape index (κ2) is 9.24. The molecule has 1 N–H and O–H groups in total. The molecule has 6 heteroatoms. The first-order valence-corrected chi connectivity index (χ1v) is 10.5. The van der Waals surface area contributed by atoms with Crippen molar-refractivity contribution in [2.75, 3.05) is 6.61 Å². The van der Waals surface area contributed by atoms with E-state index in [0.29, 0.717) is 12.2 Å². The molecule has 1 aliphatic heterocycles. The minimum Gasteiger partial charge on any atom is -0.463 e. The quantitative estimate of drug-likeness (QED) is 0.642. The van der Waals surface area contributed by atoms with E-state index in [1.807, 2.05) is 56.3 Å². The molecule has 0 saturated heterocycles. The fourth-order valence-electron chi connectivity index (χ4n) is 2.84. The lowest BCUT2D eigenvalue weighted by molar-refractivity contribution is -0.138. The molecule has 0 saturated carbocycles. The van der Waals surface area contributed by atoms with Crippen LogP contribution in [0.2, 0.25) is 0 Å². The SMILES string of the molecule is CCOC(=O)C1=C(C)NC(SCc2ccccc2)=N[C@@H]1c1cccc(Br)c1. The molecule has 0 amide bonds. The summed E-state index contributed by atoms with van der Waals surface area (Å²) >= 11 is 5.13. The number of halogens is 1. The highest BCUT2D eigenvalue weighted by Gasteiger charge is 2.30. The largest absolute Gasteiger partial charge is 0.463 e. The lowest BCUT2D eigenvalue weighted by Gasteiger charge is -2.26. The normalized spacial score (nSPS) is 16.6. The second-order valence-corrected chi connectivity index (χ2v) is 7.93. The number of allylic oxidation sites excluding steroid dienone is 1. The highest BCUT2D eigenvalue weighted by molar-refractivity contribution is 9.10. The summed E-state index contributed by atoms with van der Waals surface area (Å²) in [4.78, 5) is 17.4. The van der Waals surface area contributed by atoms with E-state index in [0.717, 1.165) is 26.7 Å². The minimum absolute atomic E-state index is 0.330. The maximum Gasteiger partial charge on any atom is 0.338 e. The highest BCUT2D eigenvalue weighted by Crippen LogP contribution is 2.34. The van der Waals surface area contributed by atoms with Crippen molar-refractivity contribution >= 4 is 38.8 Å². The van der Waals surface area contributed by atoms with Crippen molar-refractivity contribution in [1.82, 2.24) is 5.32 Å². The minimum atomic E-state index is -0.388. The van der Waals surface area contributed by atoms with E-state index in [1.165, 1.54) is 5.56 Å². The summed E-state index contributed by atoms with van der Waals surface area (Å²) in [5.41, 5.74) is 3.51. The zero-order valence-corrected chi connectivity index (χ0v) is 17.6. The number of carbonyl (C=O) groups is 1. The number of amidine groups is 1. The first kappa shape index (κ1) is 19.7. The molecule has 0 radical (unpaired) electrons. The van der Waals surface area contributed by atoms with E-state index in [4.69, 9.17) is 9.73 Å². The number of hydrogen-bond acceptors (Lipinski definition) is 5. The Morgan fingerprint density at radius 3 is 2.70 bits per heavy atom. The van der Waals surface area contributed by atoms with Crippen LogP contribution in [0, 0.1) is 0 Å². The van der Waals surface area contributed by atoms with Gasteiger partial charge in [-0.05, 0) is 37.1 Å². The number of esters is 1. The van der Waals surface area contributed by atoms with Crippen LogP contribution in [0.1, 0.15) is 31.0 Å². The average molecular weight is 445 g/mol. The number of rotatable bonds is 5. The van der Waals surface area contributed by atoms with Gasteiger partial charge in [-0.3, -0.25) is 0 Å². The summed E-state index contributed by atoms with van der Waals surface area (Å²) in [7, 11) is 0. The molecule has 1 atom stereocenters. The first-order valence-electron chi connectivity index (χ1n) is 8.73. The average Bonchev–Trinajstić information content (AvgIpc) is 2.67. The zero-order chi connectivity index (χ0) is 19.2. The number of nitrogens with one attached hydrogen (secondary N) is 1. The van der Waals surface area contributed by atoms with Gasteiger partial charge in [-0.1, -0.05) is 70.2 Å². The molecule has 140 valence electrons. The van der Waals surface area contributed by atoms with E-state index in [-0.39, 0.29) is 12.0 Å². The third kappa shape index (κ3) is 5.02. The molecule has 0 unspecified atom stereocenters. The van der Waals surface area contributed by atoms with E-state index in [1.54, 1.807) is 11.8 Å². The van der Waals surface area contributed by atoms with Crippen molar-refractivity contribution in [3.05, 3.63) is 81.5 Å². The van der Waals surface area contributed by atoms with Gasteiger partial charge < -0.3 is 10.1 Å². The van der Waals surface area contributed by atoms with Crippen LogP contribution in [0.4, 0.5) is 0 Å². The molecule has 0 aliphatic carbocycles.